The number of rotatable bonds is 5. The molecule has 1 aromatic carbocycles. The fraction of sp³-hybridized carbons (Fsp3) is 0.588. The Labute approximate surface area is 157 Å². The van der Waals surface area contributed by atoms with Gasteiger partial charge >= 0.3 is 0 Å². The maximum absolute atomic E-state index is 11.8. The van der Waals surface area contributed by atoms with E-state index in [0.717, 1.165) is 11.8 Å². The second-order valence-corrected chi connectivity index (χ2v) is 7.84. The van der Waals surface area contributed by atoms with E-state index < -0.39 is 46.6 Å². The summed E-state index contributed by atoms with van der Waals surface area (Å²) in [5.74, 6) is 0. The second-order valence-electron chi connectivity index (χ2n) is 6.27. The summed E-state index contributed by atoms with van der Waals surface area (Å²) in [5, 5.41) is 9.81. The molecule has 10 heteroatoms. The SMILES string of the molecule is CO[C@H]1O[C@@H]2CO[C@@H](c3ccccc3)O[C@H]2[C@H](OC)C1(C#N)OS(C)(=O)=O. The van der Waals surface area contributed by atoms with Gasteiger partial charge in [-0.2, -0.15) is 13.7 Å². The molecule has 6 atom stereocenters. The van der Waals surface area contributed by atoms with Crippen molar-refractivity contribution in [1.82, 2.24) is 0 Å². The van der Waals surface area contributed by atoms with Gasteiger partial charge in [0.05, 0.1) is 12.9 Å². The molecule has 0 aromatic heterocycles. The number of benzene rings is 1. The van der Waals surface area contributed by atoms with E-state index in [1.807, 2.05) is 36.4 Å². The first-order chi connectivity index (χ1) is 12.8. The molecule has 0 saturated carbocycles. The minimum atomic E-state index is -4.03. The lowest BCUT2D eigenvalue weighted by Crippen LogP contribution is -2.70. The highest BCUT2D eigenvalue weighted by atomic mass is 32.2. The molecule has 2 aliphatic rings. The van der Waals surface area contributed by atoms with Crippen LogP contribution in [0.25, 0.3) is 0 Å². The van der Waals surface area contributed by atoms with Gasteiger partial charge in [0.15, 0.2) is 6.29 Å². The van der Waals surface area contributed by atoms with E-state index >= 15 is 0 Å². The van der Waals surface area contributed by atoms with Crippen LogP contribution < -0.4 is 0 Å². The highest BCUT2D eigenvalue weighted by molar-refractivity contribution is 7.86. The van der Waals surface area contributed by atoms with E-state index in [0.29, 0.717) is 0 Å². The van der Waals surface area contributed by atoms with Crippen molar-refractivity contribution in [3.63, 3.8) is 0 Å². The van der Waals surface area contributed by atoms with Crippen molar-refractivity contribution in [2.24, 2.45) is 0 Å². The van der Waals surface area contributed by atoms with Gasteiger partial charge in [-0.1, -0.05) is 30.3 Å². The standard InChI is InChI=1S/C17H21NO8S/c1-21-14-13-12(9-23-15(25-13)11-7-5-4-6-8-11)24-16(22-2)17(14,10-18)26-27(3,19)20/h4-8,12-16H,9H2,1-3H3/t12-,13-,14+,15-,16+,17?/m1/s1. The van der Waals surface area contributed by atoms with Crippen LogP contribution in [-0.2, 0) is 38.0 Å². The van der Waals surface area contributed by atoms with Gasteiger partial charge in [-0.3, -0.25) is 0 Å². The molecule has 2 fully saturated rings. The smallest absolute Gasteiger partial charge is 0.266 e. The topological polar surface area (TPSA) is 113 Å². The summed E-state index contributed by atoms with van der Waals surface area (Å²) >= 11 is 0. The van der Waals surface area contributed by atoms with Gasteiger partial charge in [-0.05, 0) is 0 Å². The highest BCUT2D eigenvalue weighted by Gasteiger charge is 2.63. The van der Waals surface area contributed by atoms with Crippen LogP contribution in [0.1, 0.15) is 11.9 Å². The Morgan fingerprint density at radius 2 is 1.89 bits per heavy atom. The molecular weight excluding hydrogens is 378 g/mol. The van der Waals surface area contributed by atoms with E-state index in [1.165, 1.54) is 14.2 Å². The molecule has 148 valence electrons. The number of methoxy groups -OCH3 is 2. The lowest BCUT2D eigenvalue weighted by atomic mass is 9.87. The monoisotopic (exact) mass is 399 g/mol. The number of fused-ring (bicyclic) bond motifs is 1. The van der Waals surface area contributed by atoms with E-state index in [2.05, 4.69) is 0 Å². The maximum atomic E-state index is 11.8. The summed E-state index contributed by atoms with van der Waals surface area (Å²) in [6, 6.07) is 11.1. The van der Waals surface area contributed by atoms with Gasteiger partial charge in [0.25, 0.3) is 15.7 Å². The summed E-state index contributed by atoms with van der Waals surface area (Å²) < 4.78 is 56.9. The molecule has 0 N–H and O–H groups in total. The first-order valence-corrected chi connectivity index (χ1v) is 10.0. The molecule has 1 unspecified atom stereocenters. The second kappa shape index (κ2) is 7.81. The van der Waals surface area contributed by atoms with Crippen LogP contribution in [0.15, 0.2) is 30.3 Å². The number of nitrogens with zero attached hydrogens (tertiary/aromatic N) is 1. The Kier molecular flexibility index (Phi) is 5.83. The summed E-state index contributed by atoms with van der Waals surface area (Å²) in [6.07, 6.45) is -3.75. The molecule has 2 aliphatic heterocycles. The predicted molar refractivity (Wildman–Crippen MR) is 90.7 cm³/mol. The van der Waals surface area contributed by atoms with Crippen LogP contribution in [0.5, 0.6) is 0 Å². The minimum absolute atomic E-state index is 0.143. The number of nitriles is 1. The fourth-order valence-corrected chi connectivity index (χ4v) is 4.08. The predicted octanol–water partition coefficient (Wildman–Crippen LogP) is 0.725. The van der Waals surface area contributed by atoms with Crippen LogP contribution >= 0.6 is 0 Å². The third kappa shape index (κ3) is 3.86. The quantitative estimate of drug-likeness (QED) is 0.661. The molecule has 3 rings (SSSR count). The number of hydrogen-bond donors (Lipinski definition) is 0. The molecule has 2 heterocycles. The zero-order valence-electron chi connectivity index (χ0n) is 15.1. The van der Waals surface area contributed by atoms with Crippen molar-refractivity contribution in [3.8, 4) is 6.07 Å². The van der Waals surface area contributed by atoms with Crippen LogP contribution in [0.4, 0.5) is 0 Å². The van der Waals surface area contributed by atoms with Gasteiger partial charge in [0.2, 0.25) is 6.29 Å². The molecule has 0 radical (unpaired) electrons. The fourth-order valence-electron chi connectivity index (χ4n) is 3.36. The van der Waals surface area contributed by atoms with Gasteiger partial charge in [0.1, 0.15) is 24.4 Å². The van der Waals surface area contributed by atoms with Crippen LogP contribution in [-0.4, -0.2) is 65.7 Å². The Balaban J connectivity index is 1.96. The van der Waals surface area contributed by atoms with E-state index in [9.17, 15) is 13.7 Å². The van der Waals surface area contributed by atoms with Crippen molar-refractivity contribution < 1.29 is 36.3 Å². The van der Waals surface area contributed by atoms with Gasteiger partial charge < -0.3 is 23.7 Å². The number of ether oxygens (including phenoxy) is 5. The lowest BCUT2D eigenvalue weighted by molar-refractivity contribution is -0.370. The normalized spacial score (nSPS) is 36.6. The number of hydrogen-bond acceptors (Lipinski definition) is 9. The molecule has 0 aliphatic carbocycles. The largest absolute Gasteiger partial charge is 0.374 e. The summed E-state index contributed by atoms with van der Waals surface area (Å²) in [7, 11) is -1.41. The Morgan fingerprint density at radius 3 is 2.44 bits per heavy atom. The molecule has 2 saturated heterocycles. The summed E-state index contributed by atoms with van der Waals surface area (Å²) in [4.78, 5) is 0. The first kappa shape index (κ1) is 20.2. The molecule has 1 aromatic rings. The maximum Gasteiger partial charge on any atom is 0.266 e. The van der Waals surface area contributed by atoms with Gasteiger partial charge in [-0.25, -0.2) is 4.18 Å². The molecule has 27 heavy (non-hydrogen) atoms. The van der Waals surface area contributed by atoms with E-state index in [-0.39, 0.29) is 6.61 Å². The Bertz CT molecular complexity index is 795. The molecule has 9 nitrogen and oxygen atoms in total. The van der Waals surface area contributed by atoms with Crippen molar-refractivity contribution in [3.05, 3.63) is 35.9 Å². The average Bonchev–Trinajstić information content (AvgIpc) is 2.66. The average molecular weight is 399 g/mol. The zero-order valence-corrected chi connectivity index (χ0v) is 15.9. The zero-order chi connectivity index (χ0) is 19.7. The van der Waals surface area contributed by atoms with Crippen LogP contribution in [0.3, 0.4) is 0 Å². The minimum Gasteiger partial charge on any atom is -0.374 e. The Morgan fingerprint density at radius 1 is 1.19 bits per heavy atom. The molecular formula is C17H21NO8S. The molecule has 0 spiro atoms. The van der Waals surface area contributed by atoms with Crippen LogP contribution in [0.2, 0.25) is 0 Å². The van der Waals surface area contributed by atoms with E-state index in [4.69, 9.17) is 27.9 Å². The Hall–Kier alpha value is -1.58. The van der Waals surface area contributed by atoms with Gasteiger partial charge in [-0.15, -0.1) is 0 Å². The third-order valence-electron chi connectivity index (χ3n) is 4.43. The summed E-state index contributed by atoms with van der Waals surface area (Å²) in [5.41, 5.74) is -1.30. The van der Waals surface area contributed by atoms with Gasteiger partial charge in [0, 0.05) is 19.8 Å². The summed E-state index contributed by atoms with van der Waals surface area (Å²) in [6.45, 7) is 0.143. The van der Waals surface area contributed by atoms with E-state index in [1.54, 1.807) is 0 Å². The van der Waals surface area contributed by atoms with Crippen molar-refractivity contribution in [1.29, 1.82) is 5.26 Å². The van der Waals surface area contributed by atoms with Crippen molar-refractivity contribution in [2.45, 2.75) is 36.5 Å². The lowest BCUT2D eigenvalue weighted by Gasteiger charge is -2.50. The van der Waals surface area contributed by atoms with Crippen molar-refractivity contribution >= 4 is 10.1 Å². The van der Waals surface area contributed by atoms with Crippen LogP contribution in [0, 0.1) is 11.3 Å². The third-order valence-corrected chi connectivity index (χ3v) is 5.01. The van der Waals surface area contributed by atoms with Crippen molar-refractivity contribution in [2.75, 3.05) is 27.1 Å². The molecule has 0 amide bonds. The highest BCUT2D eigenvalue weighted by Crippen LogP contribution is 2.41. The molecule has 0 bridgehead atoms. The first-order valence-electron chi connectivity index (χ1n) is 8.19.